The molecule has 0 saturated heterocycles. The average molecular weight is 355 g/mol. The molecule has 8 heteroatoms. The van der Waals surface area contributed by atoms with Gasteiger partial charge in [0, 0.05) is 18.9 Å². The molecule has 0 aliphatic carbocycles. The Balaban J connectivity index is 1.88. The third-order valence-electron chi connectivity index (χ3n) is 3.73. The van der Waals surface area contributed by atoms with Crippen molar-refractivity contribution >= 4 is 17.1 Å². The summed E-state index contributed by atoms with van der Waals surface area (Å²) in [6.07, 6.45) is 3.39. The van der Waals surface area contributed by atoms with E-state index in [0.29, 0.717) is 29.4 Å². The van der Waals surface area contributed by atoms with Crippen LogP contribution in [0, 0.1) is 0 Å². The second kappa shape index (κ2) is 7.83. The molecule has 136 valence electrons. The van der Waals surface area contributed by atoms with Gasteiger partial charge in [0.15, 0.2) is 5.75 Å². The highest BCUT2D eigenvalue weighted by Crippen LogP contribution is 2.31. The number of benzene rings is 1. The van der Waals surface area contributed by atoms with Crippen LogP contribution in [-0.2, 0) is 0 Å². The van der Waals surface area contributed by atoms with Gasteiger partial charge in [-0.25, -0.2) is 9.78 Å². The fourth-order valence-electron chi connectivity index (χ4n) is 2.57. The first kappa shape index (κ1) is 17.7. The number of nitrogens with one attached hydrogen (secondary N) is 1. The van der Waals surface area contributed by atoms with Crippen LogP contribution >= 0.6 is 0 Å². The number of imidazole rings is 1. The molecule has 3 aromatic rings. The number of carbonyl (C=O) groups is 1. The molecule has 26 heavy (non-hydrogen) atoms. The first-order chi connectivity index (χ1) is 12.5. The first-order valence-electron chi connectivity index (χ1n) is 8.22. The van der Waals surface area contributed by atoms with E-state index in [4.69, 9.17) is 15.2 Å². The zero-order chi connectivity index (χ0) is 18.5. The van der Waals surface area contributed by atoms with E-state index in [2.05, 4.69) is 19.9 Å². The molecule has 0 unspecified atom stereocenters. The van der Waals surface area contributed by atoms with Gasteiger partial charge in [-0.1, -0.05) is 6.07 Å². The summed E-state index contributed by atoms with van der Waals surface area (Å²) in [7, 11) is 4.05. The molecular formula is C18H21N5O3. The van der Waals surface area contributed by atoms with E-state index in [1.54, 1.807) is 30.6 Å². The fraction of sp³-hybridized carbons (Fsp3) is 0.278. The van der Waals surface area contributed by atoms with Crippen LogP contribution in [0.3, 0.4) is 0 Å². The lowest BCUT2D eigenvalue weighted by atomic mass is 10.2. The van der Waals surface area contributed by atoms with Crippen LogP contribution in [0.2, 0.25) is 0 Å². The monoisotopic (exact) mass is 355 g/mol. The van der Waals surface area contributed by atoms with Gasteiger partial charge in [-0.2, -0.15) is 0 Å². The predicted octanol–water partition coefficient (Wildman–Crippen LogP) is 2.41. The van der Waals surface area contributed by atoms with Crippen molar-refractivity contribution in [1.29, 1.82) is 0 Å². The van der Waals surface area contributed by atoms with Crippen LogP contribution in [0.1, 0.15) is 6.42 Å². The number of primary amides is 1. The molecule has 2 heterocycles. The van der Waals surface area contributed by atoms with E-state index in [1.165, 1.54) is 0 Å². The zero-order valence-corrected chi connectivity index (χ0v) is 14.7. The van der Waals surface area contributed by atoms with Crippen molar-refractivity contribution in [1.82, 2.24) is 19.9 Å². The summed E-state index contributed by atoms with van der Waals surface area (Å²) in [4.78, 5) is 25.1. The van der Waals surface area contributed by atoms with E-state index in [0.717, 1.165) is 24.0 Å². The van der Waals surface area contributed by atoms with Crippen LogP contribution in [0.5, 0.6) is 11.5 Å². The van der Waals surface area contributed by atoms with Gasteiger partial charge in [0.05, 0.1) is 17.7 Å². The van der Waals surface area contributed by atoms with E-state index in [1.807, 2.05) is 20.2 Å². The number of hydrogen-bond donors (Lipinski definition) is 2. The lowest BCUT2D eigenvalue weighted by Gasteiger charge is -2.12. The number of nitrogens with zero attached hydrogens (tertiary/aromatic N) is 3. The Morgan fingerprint density at radius 3 is 2.88 bits per heavy atom. The highest BCUT2D eigenvalue weighted by molar-refractivity contribution is 5.87. The topological polar surface area (TPSA) is 106 Å². The minimum Gasteiger partial charge on any atom is -0.493 e. The van der Waals surface area contributed by atoms with Gasteiger partial charge in [-0.3, -0.25) is 4.98 Å². The molecular weight excluding hydrogens is 334 g/mol. The summed E-state index contributed by atoms with van der Waals surface area (Å²) in [6, 6.07) is 7.04. The molecule has 0 fully saturated rings. The third kappa shape index (κ3) is 4.09. The summed E-state index contributed by atoms with van der Waals surface area (Å²) >= 11 is 0. The second-order valence-electron chi connectivity index (χ2n) is 6.04. The van der Waals surface area contributed by atoms with Crippen molar-refractivity contribution in [3.05, 3.63) is 36.7 Å². The van der Waals surface area contributed by atoms with Crippen molar-refractivity contribution < 1.29 is 14.3 Å². The molecule has 8 nitrogen and oxygen atoms in total. The molecule has 0 saturated carbocycles. The second-order valence-corrected chi connectivity index (χ2v) is 6.04. The Kier molecular flexibility index (Phi) is 5.33. The number of para-hydroxylation sites is 1. The van der Waals surface area contributed by atoms with Crippen molar-refractivity contribution in [2.24, 2.45) is 5.73 Å². The van der Waals surface area contributed by atoms with E-state index >= 15 is 0 Å². The highest BCUT2D eigenvalue weighted by atomic mass is 16.5. The van der Waals surface area contributed by atoms with Crippen LogP contribution in [0.4, 0.5) is 4.79 Å². The summed E-state index contributed by atoms with van der Waals surface area (Å²) in [5.41, 5.74) is 7.09. The van der Waals surface area contributed by atoms with Gasteiger partial charge in [0.1, 0.15) is 17.1 Å². The molecule has 0 atom stereocenters. The summed E-state index contributed by atoms with van der Waals surface area (Å²) < 4.78 is 10.9. The van der Waals surface area contributed by atoms with Crippen LogP contribution in [0.15, 0.2) is 36.7 Å². The maximum Gasteiger partial charge on any atom is 0.410 e. The predicted molar refractivity (Wildman–Crippen MR) is 98.2 cm³/mol. The van der Waals surface area contributed by atoms with Crippen molar-refractivity contribution in [3.63, 3.8) is 0 Å². The maximum absolute atomic E-state index is 11.1. The van der Waals surface area contributed by atoms with Gasteiger partial charge in [0.25, 0.3) is 0 Å². The number of aromatic nitrogens is 3. The summed E-state index contributed by atoms with van der Waals surface area (Å²) in [5, 5.41) is 0. The number of ether oxygens (including phenoxy) is 2. The number of rotatable bonds is 7. The molecule has 1 amide bonds. The quantitative estimate of drug-likeness (QED) is 0.630. The van der Waals surface area contributed by atoms with Crippen molar-refractivity contribution in [2.45, 2.75) is 6.42 Å². The summed E-state index contributed by atoms with van der Waals surface area (Å²) in [6.45, 7) is 1.53. The zero-order valence-electron chi connectivity index (χ0n) is 14.7. The fourth-order valence-corrected chi connectivity index (χ4v) is 2.57. The number of hydrogen-bond acceptors (Lipinski definition) is 6. The minimum atomic E-state index is -0.881. The molecule has 1 aromatic carbocycles. The maximum atomic E-state index is 11.1. The first-order valence-corrected chi connectivity index (χ1v) is 8.22. The van der Waals surface area contributed by atoms with Crippen LogP contribution < -0.4 is 15.2 Å². The number of aromatic amines is 1. The standard InChI is InChI=1S/C18H21N5O3/c1-23(2)9-4-10-25-14-7-8-20-11-12(14)17-21-13-5-3-6-15(16(13)22-17)26-18(19)24/h3,5-8,11H,4,9-10H2,1-2H3,(H2,19,24)(H,21,22). The molecule has 0 radical (unpaired) electrons. The molecule has 2 aromatic heterocycles. The normalized spacial score (nSPS) is 11.0. The Labute approximate surface area is 150 Å². The summed E-state index contributed by atoms with van der Waals surface area (Å²) in [5.74, 6) is 1.57. The lowest BCUT2D eigenvalue weighted by molar-refractivity contribution is 0.211. The van der Waals surface area contributed by atoms with E-state index in [9.17, 15) is 4.79 Å². The largest absolute Gasteiger partial charge is 0.493 e. The van der Waals surface area contributed by atoms with Crippen molar-refractivity contribution in [2.75, 3.05) is 27.2 Å². The Morgan fingerprint density at radius 1 is 1.27 bits per heavy atom. The third-order valence-corrected chi connectivity index (χ3v) is 3.73. The van der Waals surface area contributed by atoms with Gasteiger partial charge >= 0.3 is 6.09 Å². The average Bonchev–Trinajstić information content (AvgIpc) is 3.03. The molecule has 0 bridgehead atoms. The molecule has 3 N–H and O–H groups in total. The van der Waals surface area contributed by atoms with E-state index in [-0.39, 0.29) is 0 Å². The van der Waals surface area contributed by atoms with Crippen LogP contribution in [-0.4, -0.2) is 53.2 Å². The lowest BCUT2D eigenvalue weighted by Crippen LogP contribution is -2.16. The highest BCUT2D eigenvalue weighted by Gasteiger charge is 2.14. The van der Waals surface area contributed by atoms with Crippen LogP contribution in [0.25, 0.3) is 22.4 Å². The number of carbonyl (C=O) groups excluding carboxylic acids is 1. The number of nitrogens with two attached hydrogens (primary N) is 1. The van der Waals surface area contributed by atoms with Gasteiger partial charge in [0.2, 0.25) is 0 Å². The molecule has 0 spiro atoms. The van der Waals surface area contributed by atoms with Crippen molar-refractivity contribution in [3.8, 4) is 22.9 Å². The Bertz CT molecular complexity index is 907. The van der Waals surface area contributed by atoms with Gasteiger partial charge in [-0.15, -0.1) is 0 Å². The molecule has 0 aliphatic rings. The Hall–Kier alpha value is -3.13. The minimum absolute atomic E-state index is 0.301. The van der Waals surface area contributed by atoms with Gasteiger partial charge in [-0.05, 0) is 38.7 Å². The smallest absolute Gasteiger partial charge is 0.410 e. The number of H-pyrrole nitrogens is 1. The SMILES string of the molecule is CN(C)CCCOc1ccncc1-c1nc2c(OC(N)=O)cccc2[nH]1. The van der Waals surface area contributed by atoms with E-state index < -0.39 is 6.09 Å². The number of fused-ring (bicyclic) bond motifs is 1. The molecule has 0 aliphatic heterocycles. The number of amides is 1. The molecule has 3 rings (SSSR count). The van der Waals surface area contributed by atoms with Gasteiger partial charge < -0.3 is 25.1 Å². The Morgan fingerprint density at radius 2 is 2.12 bits per heavy atom. The number of pyridine rings is 1.